The first-order valence-electron chi connectivity index (χ1n) is 7.68. The van der Waals surface area contributed by atoms with E-state index >= 15 is 0 Å². The summed E-state index contributed by atoms with van der Waals surface area (Å²) >= 11 is 0. The molecule has 1 saturated heterocycles. The maximum absolute atomic E-state index is 12.7. The number of aromatic nitrogens is 2. The lowest BCUT2D eigenvalue weighted by Crippen LogP contribution is -2.34. The molecule has 1 aliphatic rings. The summed E-state index contributed by atoms with van der Waals surface area (Å²) in [7, 11) is 0. The van der Waals surface area contributed by atoms with Crippen molar-refractivity contribution in [2.45, 2.75) is 12.6 Å². The number of nitrogens with zero attached hydrogens (tertiary/aromatic N) is 3. The van der Waals surface area contributed by atoms with E-state index in [0.717, 1.165) is 30.3 Å². The minimum absolute atomic E-state index is 0.122. The molecule has 1 aliphatic heterocycles. The molecule has 3 rings (SSSR count). The molecular formula is C16H17F3N4O. The molecule has 24 heavy (non-hydrogen) atoms. The number of nitrogens with one attached hydrogen (secondary N) is 1. The van der Waals surface area contributed by atoms with Crippen LogP contribution < -0.4 is 5.32 Å². The van der Waals surface area contributed by atoms with Crippen LogP contribution in [0.5, 0.6) is 0 Å². The molecule has 5 nitrogen and oxygen atoms in total. The Morgan fingerprint density at radius 2 is 2.00 bits per heavy atom. The molecule has 1 N–H and O–H groups in total. The average Bonchev–Trinajstić information content (AvgIpc) is 2.91. The van der Waals surface area contributed by atoms with Gasteiger partial charge in [-0.15, -0.1) is 0 Å². The molecule has 0 spiro atoms. The summed E-state index contributed by atoms with van der Waals surface area (Å²) < 4.78 is 39.1. The van der Waals surface area contributed by atoms with E-state index in [1.54, 1.807) is 29.2 Å². The van der Waals surface area contributed by atoms with Crippen LogP contribution in [0.2, 0.25) is 0 Å². The van der Waals surface area contributed by atoms with Crippen molar-refractivity contribution < 1.29 is 18.0 Å². The summed E-state index contributed by atoms with van der Waals surface area (Å²) in [5.74, 6) is -0.122. The largest absolute Gasteiger partial charge is 0.435 e. The average molecular weight is 338 g/mol. The van der Waals surface area contributed by atoms with Crippen molar-refractivity contribution in [3.05, 3.63) is 47.8 Å². The minimum Gasteiger partial charge on any atom is -0.337 e. The fraction of sp³-hybridized carbons (Fsp3) is 0.375. The van der Waals surface area contributed by atoms with Gasteiger partial charge in [0.05, 0.1) is 5.69 Å². The SMILES string of the molecule is O=C(c1cccc(-n2ccc(C(F)(F)F)n2)c1)N1CCCNCC1. The first-order valence-corrected chi connectivity index (χ1v) is 7.68. The van der Waals surface area contributed by atoms with Crippen molar-refractivity contribution in [1.29, 1.82) is 0 Å². The molecule has 128 valence electrons. The highest BCUT2D eigenvalue weighted by Gasteiger charge is 2.33. The Morgan fingerprint density at radius 3 is 2.75 bits per heavy atom. The van der Waals surface area contributed by atoms with E-state index in [9.17, 15) is 18.0 Å². The molecule has 2 heterocycles. The van der Waals surface area contributed by atoms with Gasteiger partial charge in [0, 0.05) is 31.4 Å². The van der Waals surface area contributed by atoms with Gasteiger partial charge >= 0.3 is 6.18 Å². The quantitative estimate of drug-likeness (QED) is 0.914. The topological polar surface area (TPSA) is 50.2 Å². The van der Waals surface area contributed by atoms with E-state index in [4.69, 9.17) is 0 Å². The number of benzene rings is 1. The molecule has 0 aliphatic carbocycles. The third-order valence-corrected chi connectivity index (χ3v) is 3.86. The van der Waals surface area contributed by atoms with Gasteiger partial charge in [-0.05, 0) is 37.2 Å². The number of hydrogen-bond acceptors (Lipinski definition) is 3. The van der Waals surface area contributed by atoms with Crippen LogP contribution >= 0.6 is 0 Å². The van der Waals surface area contributed by atoms with Crippen LogP contribution in [0.15, 0.2) is 36.5 Å². The molecule has 1 amide bonds. The zero-order valence-electron chi connectivity index (χ0n) is 12.9. The van der Waals surface area contributed by atoms with Crippen molar-refractivity contribution in [1.82, 2.24) is 20.0 Å². The molecule has 0 radical (unpaired) electrons. The number of carbonyl (C=O) groups excluding carboxylic acids is 1. The summed E-state index contributed by atoms with van der Waals surface area (Å²) in [5.41, 5.74) is -0.0967. The van der Waals surface area contributed by atoms with Crippen LogP contribution in [-0.4, -0.2) is 46.8 Å². The van der Waals surface area contributed by atoms with E-state index < -0.39 is 11.9 Å². The molecule has 2 aromatic rings. The van der Waals surface area contributed by atoms with Crippen molar-refractivity contribution in [2.24, 2.45) is 0 Å². The number of rotatable bonds is 2. The standard InChI is InChI=1S/C16H17F3N4O/c17-16(18,19)14-5-9-23(21-14)13-4-1-3-12(11-13)15(24)22-8-2-6-20-7-10-22/h1,3-5,9,11,20H,2,6-8,10H2. The second-order valence-corrected chi connectivity index (χ2v) is 5.59. The molecule has 1 aromatic heterocycles. The number of halogens is 3. The highest BCUT2D eigenvalue weighted by Crippen LogP contribution is 2.28. The molecule has 0 atom stereocenters. The number of alkyl halides is 3. The highest BCUT2D eigenvalue weighted by molar-refractivity contribution is 5.94. The van der Waals surface area contributed by atoms with E-state index in [0.29, 0.717) is 24.3 Å². The summed E-state index contributed by atoms with van der Waals surface area (Å²) in [6.45, 7) is 2.88. The number of amides is 1. The molecule has 0 unspecified atom stereocenters. The molecule has 8 heteroatoms. The Labute approximate surface area is 137 Å². The zero-order chi connectivity index (χ0) is 17.2. The van der Waals surface area contributed by atoms with Crippen molar-refractivity contribution in [2.75, 3.05) is 26.2 Å². The second kappa shape index (κ2) is 6.64. The Bertz CT molecular complexity index is 718. The van der Waals surface area contributed by atoms with Crippen LogP contribution in [0.25, 0.3) is 5.69 Å². The van der Waals surface area contributed by atoms with Crippen molar-refractivity contribution in [3.63, 3.8) is 0 Å². The minimum atomic E-state index is -4.49. The summed E-state index contributed by atoms with van der Waals surface area (Å²) in [6.07, 6.45) is -2.38. The molecule has 1 aromatic carbocycles. The predicted octanol–water partition coefficient (Wildman–Crippen LogP) is 2.33. The molecule has 0 saturated carbocycles. The fourth-order valence-electron chi connectivity index (χ4n) is 2.63. The fourth-order valence-corrected chi connectivity index (χ4v) is 2.63. The first-order chi connectivity index (χ1) is 11.4. The lowest BCUT2D eigenvalue weighted by molar-refractivity contribution is -0.141. The third kappa shape index (κ3) is 3.59. The normalized spacial score (nSPS) is 16.0. The van der Waals surface area contributed by atoms with Crippen molar-refractivity contribution >= 4 is 5.91 Å². The van der Waals surface area contributed by atoms with Crippen LogP contribution in [-0.2, 0) is 6.18 Å². The molecular weight excluding hydrogens is 321 g/mol. The Kier molecular flexibility index (Phi) is 4.57. The number of hydrogen-bond donors (Lipinski definition) is 1. The van der Waals surface area contributed by atoms with Gasteiger partial charge in [-0.1, -0.05) is 6.07 Å². The number of carbonyl (C=O) groups is 1. The molecule has 1 fully saturated rings. The van der Waals surface area contributed by atoms with E-state index in [-0.39, 0.29) is 5.91 Å². The first kappa shape index (κ1) is 16.5. The van der Waals surface area contributed by atoms with E-state index in [1.165, 1.54) is 6.20 Å². The van der Waals surface area contributed by atoms with Crippen LogP contribution in [0, 0.1) is 0 Å². The van der Waals surface area contributed by atoms with Gasteiger partial charge in [0.2, 0.25) is 0 Å². The highest BCUT2D eigenvalue weighted by atomic mass is 19.4. The maximum Gasteiger partial charge on any atom is 0.435 e. The van der Waals surface area contributed by atoms with Crippen LogP contribution in [0.3, 0.4) is 0 Å². The Morgan fingerprint density at radius 1 is 1.17 bits per heavy atom. The monoisotopic (exact) mass is 338 g/mol. The second-order valence-electron chi connectivity index (χ2n) is 5.59. The van der Waals surface area contributed by atoms with Gasteiger partial charge in [0.25, 0.3) is 5.91 Å². The summed E-state index contributed by atoms with van der Waals surface area (Å²) in [5, 5.41) is 6.76. The summed E-state index contributed by atoms with van der Waals surface area (Å²) in [4.78, 5) is 14.3. The molecule has 0 bridgehead atoms. The smallest absolute Gasteiger partial charge is 0.337 e. The van der Waals surface area contributed by atoms with Gasteiger partial charge in [0.15, 0.2) is 5.69 Å². The maximum atomic E-state index is 12.7. The van der Waals surface area contributed by atoms with Gasteiger partial charge in [0.1, 0.15) is 0 Å². The van der Waals surface area contributed by atoms with Crippen LogP contribution in [0.4, 0.5) is 13.2 Å². The van der Waals surface area contributed by atoms with Gasteiger partial charge < -0.3 is 10.2 Å². The van der Waals surface area contributed by atoms with E-state index in [1.807, 2.05) is 0 Å². The third-order valence-electron chi connectivity index (χ3n) is 3.86. The lowest BCUT2D eigenvalue weighted by atomic mass is 10.1. The van der Waals surface area contributed by atoms with Crippen molar-refractivity contribution in [3.8, 4) is 5.69 Å². The Hall–Kier alpha value is -2.35. The Balaban J connectivity index is 1.83. The zero-order valence-corrected chi connectivity index (χ0v) is 12.9. The predicted molar refractivity (Wildman–Crippen MR) is 82.0 cm³/mol. The van der Waals surface area contributed by atoms with Crippen LogP contribution in [0.1, 0.15) is 22.5 Å². The lowest BCUT2D eigenvalue weighted by Gasteiger charge is -2.20. The van der Waals surface area contributed by atoms with E-state index in [2.05, 4.69) is 10.4 Å². The van der Waals surface area contributed by atoms with Gasteiger partial charge in [-0.2, -0.15) is 18.3 Å². The van der Waals surface area contributed by atoms with Gasteiger partial charge in [-0.25, -0.2) is 4.68 Å². The van der Waals surface area contributed by atoms with Gasteiger partial charge in [-0.3, -0.25) is 4.79 Å². The summed E-state index contributed by atoms with van der Waals surface area (Å²) in [6, 6.07) is 7.41.